The summed E-state index contributed by atoms with van der Waals surface area (Å²) in [5.74, 6) is -3.41. The number of carbonyl (C=O) groups is 2. The average molecular weight is 334 g/mol. The summed E-state index contributed by atoms with van der Waals surface area (Å²) in [5.41, 5.74) is 0.256. The van der Waals surface area contributed by atoms with Crippen molar-refractivity contribution in [2.45, 2.75) is 25.7 Å². The van der Waals surface area contributed by atoms with Gasteiger partial charge in [0.1, 0.15) is 0 Å². The van der Waals surface area contributed by atoms with Gasteiger partial charge in [-0.05, 0) is 25.0 Å². The van der Waals surface area contributed by atoms with E-state index >= 15 is 0 Å². The number of anilines is 1. The maximum atomic E-state index is 13.3. The maximum absolute atomic E-state index is 13.3. The lowest BCUT2D eigenvalue weighted by atomic mass is 9.78. The summed E-state index contributed by atoms with van der Waals surface area (Å²) in [6.07, 6.45) is 2.62. The molecule has 1 aromatic carbocycles. The van der Waals surface area contributed by atoms with E-state index in [0.29, 0.717) is 12.8 Å². The second-order valence-electron chi connectivity index (χ2n) is 5.08. The highest BCUT2D eigenvalue weighted by atomic mass is 35.5. The number of carbonyl (C=O) groups excluding carboxylic acids is 1. The van der Waals surface area contributed by atoms with Gasteiger partial charge in [0.05, 0.1) is 21.9 Å². The molecule has 1 saturated carbocycles. The quantitative estimate of drug-likeness (QED) is 0.822. The minimum Gasteiger partial charge on any atom is -0.481 e. The third-order valence-electron chi connectivity index (χ3n) is 3.67. The number of aliphatic carboxylic acids is 1. The van der Waals surface area contributed by atoms with Crippen molar-refractivity contribution in [2.24, 2.45) is 11.8 Å². The molecule has 0 aromatic heterocycles. The SMILES string of the molecule is O=C(O)C1CCCCC1C(=O)Nc1cc(Cl)c(F)c(Cl)c1. The Bertz CT molecular complexity index is 556. The van der Waals surface area contributed by atoms with Gasteiger partial charge < -0.3 is 10.4 Å². The molecule has 2 unspecified atom stereocenters. The lowest BCUT2D eigenvalue weighted by molar-refractivity contribution is -0.147. The van der Waals surface area contributed by atoms with Crippen LogP contribution in [-0.2, 0) is 9.59 Å². The van der Waals surface area contributed by atoms with Crippen molar-refractivity contribution in [1.82, 2.24) is 0 Å². The lowest BCUT2D eigenvalue weighted by Crippen LogP contribution is -2.36. The molecule has 0 radical (unpaired) electrons. The normalized spacial score (nSPS) is 21.9. The minimum atomic E-state index is -0.968. The molecule has 2 rings (SSSR count). The van der Waals surface area contributed by atoms with Gasteiger partial charge in [-0.3, -0.25) is 9.59 Å². The number of nitrogens with one attached hydrogen (secondary N) is 1. The lowest BCUT2D eigenvalue weighted by Gasteiger charge is -2.27. The van der Waals surface area contributed by atoms with Gasteiger partial charge in [-0.2, -0.15) is 0 Å². The summed E-state index contributed by atoms with van der Waals surface area (Å²) in [6.45, 7) is 0. The number of benzene rings is 1. The zero-order valence-electron chi connectivity index (χ0n) is 11.0. The molecular weight excluding hydrogens is 320 g/mol. The molecule has 0 heterocycles. The first-order chi connectivity index (χ1) is 9.90. The van der Waals surface area contributed by atoms with Crippen molar-refractivity contribution in [3.05, 3.63) is 28.0 Å². The molecule has 7 heteroatoms. The third kappa shape index (κ3) is 3.66. The highest BCUT2D eigenvalue weighted by molar-refractivity contribution is 6.35. The molecule has 114 valence electrons. The Morgan fingerprint density at radius 3 is 2.19 bits per heavy atom. The van der Waals surface area contributed by atoms with Gasteiger partial charge in [0.25, 0.3) is 0 Å². The minimum absolute atomic E-state index is 0.198. The van der Waals surface area contributed by atoms with E-state index < -0.39 is 29.5 Å². The van der Waals surface area contributed by atoms with E-state index in [2.05, 4.69) is 5.32 Å². The van der Waals surface area contributed by atoms with Crippen LogP contribution in [-0.4, -0.2) is 17.0 Å². The van der Waals surface area contributed by atoms with E-state index in [9.17, 15) is 19.1 Å². The number of hydrogen-bond donors (Lipinski definition) is 2. The second kappa shape index (κ2) is 6.62. The van der Waals surface area contributed by atoms with Crippen molar-refractivity contribution in [3.63, 3.8) is 0 Å². The molecule has 0 spiro atoms. The molecule has 0 saturated heterocycles. The first kappa shape index (κ1) is 16.0. The number of carboxylic acids is 1. The van der Waals surface area contributed by atoms with Gasteiger partial charge in [0.15, 0.2) is 5.82 Å². The van der Waals surface area contributed by atoms with Crippen LogP contribution < -0.4 is 5.32 Å². The average Bonchev–Trinajstić information content (AvgIpc) is 2.44. The van der Waals surface area contributed by atoms with Crippen molar-refractivity contribution in [1.29, 1.82) is 0 Å². The number of hydrogen-bond acceptors (Lipinski definition) is 2. The summed E-state index contributed by atoms with van der Waals surface area (Å²) in [4.78, 5) is 23.4. The van der Waals surface area contributed by atoms with Gasteiger partial charge in [-0.1, -0.05) is 36.0 Å². The first-order valence-electron chi connectivity index (χ1n) is 6.58. The van der Waals surface area contributed by atoms with E-state index in [-0.39, 0.29) is 15.7 Å². The van der Waals surface area contributed by atoms with Gasteiger partial charge in [0, 0.05) is 5.69 Å². The van der Waals surface area contributed by atoms with Crippen molar-refractivity contribution in [2.75, 3.05) is 5.32 Å². The third-order valence-corrected chi connectivity index (χ3v) is 4.22. The molecule has 1 aliphatic carbocycles. The van der Waals surface area contributed by atoms with Gasteiger partial charge in [0.2, 0.25) is 5.91 Å². The highest BCUT2D eigenvalue weighted by Gasteiger charge is 2.35. The summed E-state index contributed by atoms with van der Waals surface area (Å²) >= 11 is 11.3. The summed E-state index contributed by atoms with van der Waals surface area (Å²) < 4.78 is 13.3. The van der Waals surface area contributed by atoms with Gasteiger partial charge in [-0.25, -0.2) is 4.39 Å². The van der Waals surface area contributed by atoms with Gasteiger partial charge in [-0.15, -0.1) is 0 Å². The van der Waals surface area contributed by atoms with E-state index in [4.69, 9.17) is 23.2 Å². The van der Waals surface area contributed by atoms with Crippen LogP contribution in [0.25, 0.3) is 0 Å². The second-order valence-corrected chi connectivity index (χ2v) is 5.89. The largest absolute Gasteiger partial charge is 0.481 e. The Balaban J connectivity index is 2.15. The summed E-state index contributed by atoms with van der Waals surface area (Å²) in [5, 5.41) is 11.3. The van der Waals surface area contributed by atoms with Crippen LogP contribution in [0, 0.1) is 17.7 Å². The Kier molecular flexibility index (Phi) is 5.06. The molecule has 0 aliphatic heterocycles. The number of rotatable bonds is 3. The van der Waals surface area contributed by atoms with E-state index in [1.54, 1.807) is 0 Å². The highest BCUT2D eigenvalue weighted by Crippen LogP contribution is 2.32. The Hall–Kier alpha value is -1.33. The molecule has 0 bridgehead atoms. The van der Waals surface area contributed by atoms with Crippen LogP contribution in [0.5, 0.6) is 0 Å². The Morgan fingerprint density at radius 2 is 1.67 bits per heavy atom. The fourth-order valence-corrected chi connectivity index (χ4v) is 3.09. The Morgan fingerprint density at radius 1 is 1.14 bits per heavy atom. The molecule has 1 aliphatic rings. The van der Waals surface area contributed by atoms with Crippen LogP contribution in [0.15, 0.2) is 12.1 Å². The predicted octanol–water partition coefficient (Wildman–Crippen LogP) is 3.96. The monoisotopic (exact) mass is 333 g/mol. The number of carboxylic acid groups (broad SMARTS) is 1. The smallest absolute Gasteiger partial charge is 0.307 e. The molecule has 1 amide bonds. The van der Waals surface area contributed by atoms with Crippen LogP contribution in [0.2, 0.25) is 10.0 Å². The van der Waals surface area contributed by atoms with Crippen molar-refractivity contribution in [3.8, 4) is 0 Å². The van der Waals surface area contributed by atoms with E-state index in [1.165, 1.54) is 12.1 Å². The molecular formula is C14H14Cl2FNO3. The standard InChI is InChI=1S/C14H14Cl2FNO3/c15-10-5-7(6-11(16)12(10)17)18-13(19)8-3-1-2-4-9(8)14(20)21/h5-6,8-9H,1-4H2,(H,18,19)(H,20,21). The zero-order valence-corrected chi connectivity index (χ0v) is 12.5. The topological polar surface area (TPSA) is 66.4 Å². The number of halogens is 3. The molecule has 1 fully saturated rings. The fourth-order valence-electron chi connectivity index (χ4n) is 2.60. The molecule has 2 atom stereocenters. The first-order valence-corrected chi connectivity index (χ1v) is 7.34. The Labute approximate surface area is 131 Å². The van der Waals surface area contributed by atoms with E-state index in [0.717, 1.165) is 12.8 Å². The molecule has 21 heavy (non-hydrogen) atoms. The van der Waals surface area contributed by atoms with Crippen LogP contribution in [0.4, 0.5) is 10.1 Å². The molecule has 4 nitrogen and oxygen atoms in total. The van der Waals surface area contributed by atoms with E-state index in [1.807, 2.05) is 0 Å². The van der Waals surface area contributed by atoms with Gasteiger partial charge >= 0.3 is 5.97 Å². The molecule has 1 aromatic rings. The van der Waals surface area contributed by atoms with Crippen molar-refractivity contribution >= 4 is 40.8 Å². The van der Waals surface area contributed by atoms with Crippen LogP contribution >= 0.6 is 23.2 Å². The number of amides is 1. The zero-order chi connectivity index (χ0) is 15.6. The predicted molar refractivity (Wildman–Crippen MR) is 78.1 cm³/mol. The fraction of sp³-hybridized carbons (Fsp3) is 0.429. The van der Waals surface area contributed by atoms with Crippen LogP contribution in [0.3, 0.4) is 0 Å². The maximum Gasteiger partial charge on any atom is 0.307 e. The van der Waals surface area contributed by atoms with Crippen LogP contribution in [0.1, 0.15) is 25.7 Å². The molecule has 2 N–H and O–H groups in total. The summed E-state index contributed by atoms with van der Waals surface area (Å²) in [6, 6.07) is 2.50. The van der Waals surface area contributed by atoms with Crippen molar-refractivity contribution < 1.29 is 19.1 Å². The summed E-state index contributed by atoms with van der Waals surface area (Å²) in [7, 11) is 0.